The Morgan fingerprint density at radius 3 is 2.70 bits per heavy atom. The van der Waals surface area contributed by atoms with Crippen molar-refractivity contribution in [3.05, 3.63) is 71.0 Å². The number of piperazine rings is 1. The lowest BCUT2D eigenvalue weighted by Gasteiger charge is -2.34. The van der Waals surface area contributed by atoms with Crippen LogP contribution in [0.25, 0.3) is 11.2 Å². The van der Waals surface area contributed by atoms with Crippen LogP contribution in [0.5, 0.6) is 0 Å². The molecule has 1 aliphatic heterocycles. The highest BCUT2D eigenvalue weighted by atomic mass is 35.5. The van der Waals surface area contributed by atoms with Gasteiger partial charge in [0, 0.05) is 44.0 Å². The van der Waals surface area contributed by atoms with Gasteiger partial charge in [-0.3, -0.25) is 9.48 Å². The molecule has 0 unspecified atom stereocenters. The Balaban J connectivity index is 1.25. The number of amides is 1. The molecule has 1 fully saturated rings. The highest BCUT2D eigenvalue weighted by Crippen LogP contribution is 2.28. The molecule has 192 valence electrons. The van der Waals surface area contributed by atoms with E-state index in [-0.39, 0.29) is 11.9 Å². The molecule has 0 saturated carbocycles. The van der Waals surface area contributed by atoms with Crippen molar-refractivity contribution in [1.29, 1.82) is 0 Å². The van der Waals surface area contributed by atoms with Crippen molar-refractivity contribution in [3.8, 4) is 0 Å². The summed E-state index contributed by atoms with van der Waals surface area (Å²) < 4.78 is 1.82. The predicted octanol–water partition coefficient (Wildman–Crippen LogP) is 4.68. The van der Waals surface area contributed by atoms with E-state index in [1.165, 1.54) is 0 Å². The fraction of sp³-hybridized carbons (Fsp3) is 0.333. The van der Waals surface area contributed by atoms with E-state index in [0.717, 1.165) is 49.5 Å². The summed E-state index contributed by atoms with van der Waals surface area (Å²) in [6, 6.07) is 13.2. The number of fused-ring (bicyclic) bond motifs is 1. The van der Waals surface area contributed by atoms with Gasteiger partial charge in [-0.25, -0.2) is 9.97 Å². The van der Waals surface area contributed by atoms with Gasteiger partial charge in [-0.1, -0.05) is 23.7 Å². The van der Waals surface area contributed by atoms with E-state index in [9.17, 15) is 4.79 Å². The van der Waals surface area contributed by atoms with Crippen molar-refractivity contribution >= 4 is 45.9 Å². The first-order valence-corrected chi connectivity index (χ1v) is 12.9. The largest absolute Gasteiger partial charge is 0.368 e. The number of likely N-dealkylation sites (N-methyl/N-ethyl adjacent to an activating group) is 1. The third kappa shape index (κ3) is 5.68. The van der Waals surface area contributed by atoms with Gasteiger partial charge >= 0.3 is 0 Å². The number of nitrogens with one attached hydrogen (secondary N) is 2. The van der Waals surface area contributed by atoms with Crippen LogP contribution in [0, 0.1) is 0 Å². The van der Waals surface area contributed by atoms with Gasteiger partial charge in [0.25, 0.3) is 5.91 Å². The number of halogens is 1. The summed E-state index contributed by atoms with van der Waals surface area (Å²) >= 11 is 6.58. The topological polar surface area (TPSA) is 91.2 Å². The second kappa shape index (κ2) is 10.7. The van der Waals surface area contributed by atoms with Crippen molar-refractivity contribution in [1.82, 2.24) is 24.6 Å². The number of carbonyl (C=O) groups is 1. The number of anilines is 3. The van der Waals surface area contributed by atoms with Gasteiger partial charge in [-0.15, -0.1) is 0 Å². The van der Waals surface area contributed by atoms with E-state index in [4.69, 9.17) is 11.6 Å². The maximum atomic E-state index is 13.0. The van der Waals surface area contributed by atoms with Gasteiger partial charge in [0.2, 0.25) is 5.65 Å². The maximum Gasteiger partial charge on any atom is 0.255 e. The minimum Gasteiger partial charge on any atom is -0.368 e. The van der Waals surface area contributed by atoms with Gasteiger partial charge in [-0.2, -0.15) is 5.10 Å². The van der Waals surface area contributed by atoms with Gasteiger partial charge in [0.05, 0.1) is 29.1 Å². The van der Waals surface area contributed by atoms with Crippen LogP contribution in [0.2, 0.25) is 5.02 Å². The average molecular weight is 519 g/mol. The Morgan fingerprint density at radius 1 is 1.14 bits per heavy atom. The number of benzene rings is 2. The molecule has 2 aromatic heterocycles. The lowest BCUT2D eigenvalue weighted by atomic mass is 10.1. The lowest BCUT2D eigenvalue weighted by Crippen LogP contribution is -2.44. The van der Waals surface area contributed by atoms with Crippen LogP contribution in [0.4, 0.5) is 17.2 Å². The summed E-state index contributed by atoms with van der Waals surface area (Å²) in [5, 5.41) is 11.4. The third-order valence-corrected chi connectivity index (χ3v) is 6.97. The Labute approximate surface area is 221 Å². The molecule has 2 aromatic carbocycles. The summed E-state index contributed by atoms with van der Waals surface area (Å²) in [5.74, 6) is 0.443. The SMILES string of the molecule is CCn1cc2ncc(N[C@@H](C)c3cccc(NC(=O)c4ccc(N5CCN(C)CC5)c(Cl)c4)c3)nc2n1. The number of aryl methyl sites for hydroxylation is 1. The molecule has 2 N–H and O–H groups in total. The molecule has 3 heterocycles. The van der Waals surface area contributed by atoms with E-state index in [0.29, 0.717) is 27.7 Å². The molecular weight excluding hydrogens is 488 g/mol. The number of hydrogen-bond donors (Lipinski definition) is 2. The summed E-state index contributed by atoms with van der Waals surface area (Å²) in [6.07, 6.45) is 3.59. The molecule has 1 saturated heterocycles. The molecule has 0 spiro atoms. The molecule has 37 heavy (non-hydrogen) atoms. The van der Waals surface area contributed by atoms with Crippen LogP contribution >= 0.6 is 11.6 Å². The molecule has 1 amide bonds. The Hall–Kier alpha value is -3.69. The molecular formula is C27H31ClN8O. The van der Waals surface area contributed by atoms with Crippen LogP contribution in [0.3, 0.4) is 0 Å². The van der Waals surface area contributed by atoms with Gasteiger partial charge in [0.15, 0.2) is 0 Å². The minimum atomic E-state index is -0.201. The third-order valence-electron chi connectivity index (χ3n) is 6.66. The molecule has 10 heteroatoms. The van der Waals surface area contributed by atoms with Crippen LogP contribution in [-0.4, -0.2) is 63.8 Å². The highest BCUT2D eigenvalue weighted by Gasteiger charge is 2.18. The van der Waals surface area contributed by atoms with Crippen LogP contribution in [-0.2, 0) is 6.54 Å². The van der Waals surface area contributed by atoms with E-state index >= 15 is 0 Å². The second-order valence-corrected chi connectivity index (χ2v) is 9.76. The number of rotatable bonds is 7. The molecule has 1 atom stereocenters. The first kappa shape index (κ1) is 25.0. The normalized spacial score (nSPS) is 15.1. The van der Waals surface area contributed by atoms with Crippen molar-refractivity contribution in [2.75, 3.05) is 48.8 Å². The van der Waals surface area contributed by atoms with Crippen LogP contribution < -0.4 is 15.5 Å². The van der Waals surface area contributed by atoms with Crippen molar-refractivity contribution in [3.63, 3.8) is 0 Å². The Morgan fingerprint density at radius 2 is 1.95 bits per heavy atom. The first-order valence-electron chi connectivity index (χ1n) is 12.5. The smallest absolute Gasteiger partial charge is 0.255 e. The first-order chi connectivity index (χ1) is 17.9. The zero-order valence-electron chi connectivity index (χ0n) is 21.3. The summed E-state index contributed by atoms with van der Waals surface area (Å²) in [7, 11) is 2.12. The maximum absolute atomic E-state index is 13.0. The van der Waals surface area contributed by atoms with Crippen molar-refractivity contribution in [2.24, 2.45) is 0 Å². The zero-order valence-corrected chi connectivity index (χ0v) is 22.0. The summed E-state index contributed by atoms with van der Waals surface area (Å²) in [6.45, 7) is 8.65. The van der Waals surface area contributed by atoms with E-state index in [1.807, 2.05) is 61.1 Å². The quantitative estimate of drug-likeness (QED) is 0.367. The average Bonchev–Trinajstić information content (AvgIpc) is 3.32. The fourth-order valence-electron chi connectivity index (χ4n) is 4.42. The highest BCUT2D eigenvalue weighted by molar-refractivity contribution is 6.33. The van der Waals surface area contributed by atoms with E-state index in [2.05, 4.69) is 42.5 Å². The zero-order chi connectivity index (χ0) is 25.9. The van der Waals surface area contributed by atoms with Crippen LogP contribution in [0.15, 0.2) is 54.9 Å². The predicted molar refractivity (Wildman–Crippen MR) is 149 cm³/mol. The molecule has 1 aliphatic rings. The van der Waals surface area contributed by atoms with Crippen molar-refractivity contribution < 1.29 is 4.79 Å². The molecule has 0 bridgehead atoms. The Kier molecular flexibility index (Phi) is 7.25. The summed E-state index contributed by atoms with van der Waals surface area (Å²) in [4.78, 5) is 26.6. The number of aromatic nitrogens is 4. The van der Waals surface area contributed by atoms with Gasteiger partial charge in [0.1, 0.15) is 11.3 Å². The second-order valence-electron chi connectivity index (χ2n) is 9.35. The van der Waals surface area contributed by atoms with Crippen molar-refractivity contribution in [2.45, 2.75) is 26.4 Å². The minimum absolute atomic E-state index is 0.0609. The summed E-state index contributed by atoms with van der Waals surface area (Å²) in [5.41, 5.74) is 4.57. The molecule has 9 nitrogen and oxygen atoms in total. The van der Waals surface area contributed by atoms with E-state index in [1.54, 1.807) is 12.3 Å². The fourth-order valence-corrected chi connectivity index (χ4v) is 4.72. The number of nitrogens with zero attached hydrogens (tertiary/aromatic N) is 6. The Bertz CT molecular complexity index is 1410. The van der Waals surface area contributed by atoms with Crippen LogP contribution in [0.1, 0.15) is 35.8 Å². The molecule has 4 aromatic rings. The standard InChI is InChI=1S/C27H31ClN8O/c1-4-36-17-23-26(33-36)32-25(16-29-23)30-18(2)19-6-5-7-21(14-19)31-27(37)20-8-9-24(22(28)15-20)35-12-10-34(3)11-13-35/h5-9,14-18H,4,10-13H2,1-3H3,(H,31,37)(H,30,32,33)/t18-/m0/s1. The molecule has 0 radical (unpaired) electrons. The van der Waals surface area contributed by atoms with E-state index < -0.39 is 0 Å². The number of hydrogen-bond acceptors (Lipinski definition) is 7. The van der Waals surface area contributed by atoms with Gasteiger partial charge < -0.3 is 20.4 Å². The lowest BCUT2D eigenvalue weighted by molar-refractivity contribution is 0.102. The molecule has 5 rings (SSSR count). The van der Waals surface area contributed by atoms with Gasteiger partial charge in [-0.05, 0) is 56.8 Å². The molecule has 0 aliphatic carbocycles. The number of carbonyl (C=O) groups excluding carboxylic acids is 1. The monoisotopic (exact) mass is 518 g/mol.